The number of urea groups is 1. The van der Waals surface area contributed by atoms with Gasteiger partial charge in [-0.1, -0.05) is 17.7 Å². The van der Waals surface area contributed by atoms with Crippen molar-refractivity contribution in [3.8, 4) is 0 Å². The molecular weight excluding hydrogens is 286 g/mol. The van der Waals surface area contributed by atoms with Crippen molar-refractivity contribution in [3.05, 3.63) is 58.6 Å². The Hall–Kier alpha value is -2.14. The van der Waals surface area contributed by atoms with E-state index in [1.54, 1.807) is 6.07 Å². The summed E-state index contributed by atoms with van der Waals surface area (Å²) in [6, 6.07) is 7.43. The molecule has 2 N–H and O–H groups in total. The quantitative estimate of drug-likeness (QED) is 0.837. The van der Waals surface area contributed by atoms with Crippen molar-refractivity contribution in [2.75, 3.05) is 10.6 Å². The summed E-state index contributed by atoms with van der Waals surface area (Å²) in [6.45, 7) is 1.53. The highest BCUT2D eigenvalue weighted by atomic mass is 35.5. The zero-order valence-corrected chi connectivity index (χ0v) is 11.3. The molecule has 6 heteroatoms. The highest BCUT2D eigenvalue weighted by Crippen LogP contribution is 2.21. The van der Waals surface area contributed by atoms with Crippen LogP contribution in [0.5, 0.6) is 0 Å². The van der Waals surface area contributed by atoms with E-state index in [1.165, 1.54) is 31.2 Å². The van der Waals surface area contributed by atoms with E-state index in [2.05, 4.69) is 10.6 Å². The first-order valence-corrected chi connectivity index (χ1v) is 6.13. The van der Waals surface area contributed by atoms with Gasteiger partial charge >= 0.3 is 6.03 Å². The summed E-state index contributed by atoms with van der Waals surface area (Å²) in [4.78, 5) is 11.8. The van der Waals surface area contributed by atoms with Crippen molar-refractivity contribution in [2.45, 2.75) is 6.92 Å². The second kappa shape index (κ2) is 5.88. The molecule has 0 fully saturated rings. The van der Waals surface area contributed by atoms with Crippen LogP contribution >= 0.6 is 11.6 Å². The highest BCUT2D eigenvalue weighted by molar-refractivity contribution is 6.30. The van der Waals surface area contributed by atoms with Crippen molar-refractivity contribution in [1.82, 2.24) is 0 Å². The standard InChI is InChI=1S/C14H11ClF2N2O/c1-8-10(16)3-2-4-12(8)18-14(20)19-13-7-9(15)5-6-11(13)17/h2-7H,1H3,(H2,18,19,20). The lowest BCUT2D eigenvalue weighted by Gasteiger charge is -2.11. The van der Waals surface area contributed by atoms with Crippen LogP contribution in [0, 0.1) is 18.6 Å². The molecule has 0 aromatic heterocycles. The molecule has 0 spiro atoms. The second-order valence-electron chi connectivity index (χ2n) is 4.12. The Labute approximate surface area is 119 Å². The number of carbonyl (C=O) groups is 1. The molecule has 0 heterocycles. The van der Waals surface area contributed by atoms with Gasteiger partial charge < -0.3 is 10.6 Å². The van der Waals surface area contributed by atoms with Gasteiger partial charge in [0.25, 0.3) is 0 Å². The van der Waals surface area contributed by atoms with E-state index in [9.17, 15) is 13.6 Å². The molecule has 2 aromatic rings. The van der Waals surface area contributed by atoms with Crippen molar-refractivity contribution in [3.63, 3.8) is 0 Å². The van der Waals surface area contributed by atoms with E-state index in [0.717, 1.165) is 6.07 Å². The van der Waals surface area contributed by atoms with Gasteiger partial charge in [0, 0.05) is 16.3 Å². The monoisotopic (exact) mass is 296 g/mol. The number of benzene rings is 2. The molecule has 2 amide bonds. The first-order chi connectivity index (χ1) is 9.47. The molecule has 104 valence electrons. The number of rotatable bonds is 2. The van der Waals surface area contributed by atoms with Crippen LogP contribution in [0.3, 0.4) is 0 Å². The second-order valence-corrected chi connectivity index (χ2v) is 4.55. The van der Waals surface area contributed by atoms with E-state index < -0.39 is 17.7 Å². The first kappa shape index (κ1) is 14.3. The third-order valence-corrected chi connectivity index (χ3v) is 2.93. The minimum absolute atomic E-state index is 0.0518. The van der Waals surface area contributed by atoms with E-state index in [4.69, 9.17) is 11.6 Å². The Morgan fingerprint density at radius 3 is 2.50 bits per heavy atom. The fraction of sp³-hybridized carbons (Fsp3) is 0.0714. The molecule has 0 aliphatic rings. The smallest absolute Gasteiger partial charge is 0.307 e. The van der Waals surface area contributed by atoms with Crippen molar-refractivity contribution in [1.29, 1.82) is 0 Å². The summed E-state index contributed by atoms with van der Waals surface area (Å²) in [7, 11) is 0. The maximum atomic E-state index is 13.5. The van der Waals surface area contributed by atoms with Crippen LogP contribution in [-0.4, -0.2) is 6.03 Å². The summed E-state index contributed by atoms with van der Waals surface area (Å²) in [6.07, 6.45) is 0. The van der Waals surface area contributed by atoms with Crippen LogP contribution in [0.1, 0.15) is 5.56 Å². The topological polar surface area (TPSA) is 41.1 Å². The molecule has 0 aliphatic heterocycles. The van der Waals surface area contributed by atoms with Gasteiger partial charge in [0.2, 0.25) is 0 Å². The Morgan fingerprint density at radius 2 is 1.75 bits per heavy atom. The number of hydrogen-bond donors (Lipinski definition) is 2. The number of anilines is 2. The lowest BCUT2D eigenvalue weighted by Crippen LogP contribution is -2.20. The molecular formula is C14H11ClF2N2O. The van der Waals surface area contributed by atoms with Crippen LogP contribution in [0.25, 0.3) is 0 Å². The van der Waals surface area contributed by atoms with Crippen molar-refractivity contribution >= 4 is 29.0 Å². The molecule has 0 saturated carbocycles. The normalized spacial score (nSPS) is 10.2. The summed E-state index contributed by atoms with van der Waals surface area (Å²) in [5.41, 5.74) is 0.559. The van der Waals surface area contributed by atoms with Crippen LogP contribution in [0.2, 0.25) is 5.02 Å². The number of amides is 2. The van der Waals surface area contributed by atoms with Crippen LogP contribution < -0.4 is 10.6 Å². The molecule has 2 rings (SSSR count). The maximum Gasteiger partial charge on any atom is 0.323 e. The Bertz CT molecular complexity index is 656. The molecule has 0 aliphatic carbocycles. The SMILES string of the molecule is Cc1c(F)cccc1NC(=O)Nc1cc(Cl)ccc1F. The highest BCUT2D eigenvalue weighted by Gasteiger charge is 2.10. The van der Waals surface area contributed by atoms with Crippen LogP contribution in [-0.2, 0) is 0 Å². The van der Waals surface area contributed by atoms with Gasteiger partial charge in [-0.25, -0.2) is 13.6 Å². The number of nitrogens with one attached hydrogen (secondary N) is 2. The molecule has 0 atom stereocenters. The minimum atomic E-state index is -0.681. The third-order valence-electron chi connectivity index (χ3n) is 2.69. The van der Waals surface area contributed by atoms with E-state index in [1.807, 2.05) is 0 Å². The predicted octanol–water partition coefficient (Wildman–Crippen LogP) is 4.57. The summed E-state index contributed by atoms with van der Waals surface area (Å²) in [5.74, 6) is -1.04. The molecule has 0 unspecified atom stereocenters. The average molecular weight is 297 g/mol. The lowest BCUT2D eigenvalue weighted by atomic mass is 10.2. The Morgan fingerprint density at radius 1 is 1.05 bits per heavy atom. The molecule has 2 aromatic carbocycles. The number of carbonyl (C=O) groups excluding carboxylic acids is 1. The van der Waals surface area contributed by atoms with Gasteiger partial charge in [-0.2, -0.15) is 0 Å². The molecule has 20 heavy (non-hydrogen) atoms. The Kier molecular flexibility index (Phi) is 4.20. The van der Waals surface area contributed by atoms with E-state index >= 15 is 0 Å². The van der Waals surface area contributed by atoms with Crippen molar-refractivity contribution < 1.29 is 13.6 Å². The van der Waals surface area contributed by atoms with Gasteiger partial charge in [-0.05, 0) is 37.3 Å². The van der Waals surface area contributed by atoms with Gasteiger partial charge in [0.05, 0.1) is 5.69 Å². The minimum Gasteiger partial charge on any atom is -0.307 e. The predicted molar refractivity (Wildman–Crippen MR) is 75.2 cm³/mol. The van der Waals surface area contributed by atoms with E-state index in [-0.39, 0.29) is 5.69 Å². The largest absolute Gasteiger partial charge is 0.323 e. The third kappa shape index (κ3) is 3.24. The van der Waals surface area contributed by atoms with Gasteiger partial charge in [-0.3, -0.25) is 0 Å². The van der Waals surface area contributed by atoms with Gasteiger partial charge in [0.1, 0.15) is 11.6 Å². The molecule has 0 bridgehead atoms. The van der Waals surface area contributed by atoms with Gasteiger partial charge in [-0.15, -0.1) is 0 Å². The molecule has 0 saturated heterocycles. The summed E-state index contributed by atoms with van der Waals surface area (Å²) in [5, 5.41) is 5.06. The van der Waals surface area contributed by atoms with Crippen LogP contribution in [0.15, 0.2) is 36.4 Å². The fourth-order valence-electron chi connectivity index (χ4n) is 1.61. The number of halogens is 3. The van der Waals surface area contributed by atoms with Crippen LogP contribution in [0.4, 0.5) is 25.0 Å². The average Bonchev–Trinajstić information content (AvgIpc) is 2.39. The van der Waals surface area contributed by atoms with Gasteiger partial charge in [0.15, 0.2) is 0 Å². The molecule has 3 nitrogen and oxygen atoms in total. The molecule has 0 radical (unpaired) electrons. The fourth-order valence-corrected chi connectivity index (χ4v) is 1.78. The lowest BCUT2D eigenvalue weighted by molar-refractivity contribution is 0.262. The zero-order chi connectivity index (χ0) is 14.7. The number of hydrogen-bond acceptors (Lipinski definition) is 1. The zero-order valence-electron chi connectivity index (χ0n) is 10.5. The maximum absolute atomic E-state index is 13.5. The first-order valence-electron chi connectivity index (χ1n) is 5.75. The van der Waals surface area contributed by atoms with E-state index in [0.29, 0.717) is 16.3 Å². The van der Waals surface area contributed by atoms with Crippen molar-refractivity contribution in [2.24, 2.45) is 0 Å². The summed E-state index contributed by atoms with van der Waals surface area (Å²) < 4.78 is 26.8. The Balaban J connectivity index is 2.13. The summed E-state index contributed by atoms with van der Waals surface area (Å²) >= 11 is 5.72.